The number of nitrogens with zero attached hydrogens (tertiary/aromatic N) is 5. The van der Waals surface area contributed by atoms with Gasteiger partial charge in [0.15, 0.2) is 5.82 Å². The molecule has 0 radical (unpaired) electrons. The minimum Gasteiger partial charge on any atom is -0.478 e. The predicted molar refractivity (Wildman–Crippen MR) is 146 cm³/mol. The SMILES string of the molecule is Cc1c2c(nn1C)CCN(C(=O)/C=C/c1c(N3C=NNN3)ccc(Cl)c1F)C2C(=O)Nc1ccc(C(=O)O)cc1. The molecule has 0 saturated carbocycles. The Bertz CT molecular complexity index is 1570. The molecule has 2 amide bonds. The number of anilines is 2. The first-order chi connectivity index (χ1) is 19.2. The van der Waals surface area contributed by atoms with Crippen molar-refractivity contribution >= 4 is 53.2 Å². The molecule has 3 heterocycles. The maximum Gasteiger partial charge on any atom is 0.335 e. The fourth-order valence-corrected chi connectivity index (χ4v) is 4.82. The molecule has 1 atom stereocenters. The standard InChI is InChI=1S/C26H24ClFN8O4/c1-14-22-19(31-34(14)2)11-12-35(24(22)25(38)30-16-5-3-15(4-6-16)26(39)40)21(37)10-7-17-20(36-13-29-32-33-36)9-8-18(27)23(17)28/h3-10,13,24,32-33H,11-12H2,1-2H3,(H,30,38)(H,39,40)/b10-7+. The number of aromatic nitrogens is 2. The monoisotopic (exact) mass is 566 g/mol. The molecule has 0 bridgehead atoms. The number of aromatic carboxylic acids is 1. The van der Waals surface area contributed by atoms with Crippen molar-refractivity contribution in [2.24, 2.45) is 12.1 Å². The number of nitrogens with one attached hydrogen (secondary N) is 3. The first-order valence-corrected chi connectivity index (χ1v) is 12.5. The molecule has 0 saturated heterocycles. The number of carboxylic acids is 1. The number of aryl methyl sites for hydroxylation is 1. The van der Waals surface area contributed by atoms with E-state index in [1.807, 2.05) is 6.92 Å². The van der Waals surface area contributed by atoms with E-state index in [9.17, 15) is 14.4 Å². The summed E-state index contributed by atoms with van der Waals surface area (Å²) in [6.07, 6.45) is 4.31. The van der Waals surface area contributed by atoms with Crippen molar-refractivity contribution in [2.45, 2.75) is 19.4 Å². The average molecular weight is 567 g/mol. The summed E-state index contributed by atoms with van der Waals surface area (Å²) in [5.41, 5.74) is 8.08. The van der Waals surface area contributed by atoms with Gasteiger partial charge in [0, 0.05) is 48.6 Å². The highest BCUT2D eigenvalue weighted by atomic mass is 35.5. The Morgan fingerprint density at radius 1 is 1.20 bits per heavy atom. The lowest BCUT2D eigenvalue weighted by molar-refractivity contribution is -0.135. The van der Waals surface area contributed by atoms with Crippen LogP contribution in [-0.2, 0) is 23.1 Å². The summed E-state index contributed by atoms with van der Waals surface area (Å²) in [5, 5.41) is 21.5. The lowest BCUT2D eigenvalue weighted by Crippen LogP contribution is -2.44. The van der Waals surface area contributed by atoms with Gasteiger partial charge in [-0.05, 0) is 49.4 Å². The second-order valence-electron chi connectivity index (χ2n) is 9.09. The average Bonchev–Trinajstić information content (AvgIpc) is 3.57. The topological polar surface area (TPSA) is 144 Å². The normalized spacial score (nSPS) is 16.2. The van der Waals surface area contributed by atoms with Gasteiger partial charge in [-0.15, -0.1) is 5.53 Å². The zero-order valence-corrected chi connectivity index (χ0v) is 22.1. The molecule has 0 aliphatic carbocycles. The maximum atomic E-state index is 15.0. The van der Waals surface area contributed by atoms with Crippen LogP contribution in [0.25, 0.3) is 6.08 Å². The van der Waals surface area contributed by atoms with E-state index in [0.29, 0.717) is 34.7 Å². The highest BCUT2D eigenvalue weighted by molar-refractivity contribution is 6.31. The number of hydrazone groups is 1. The molecule has 206 valence electrons. The Labute approximate surface area is 232 Å². The Morgan fingerprint density at radius 3 is 2.62 bits per heavy atom. The number of carboxylic acid groups (broad SMARTS) is 1. The lowest BCUT2D eigenvalue weighted by atomic mass is 9.95. The summed E-state index contributed by atoms with van der Waals surface area (Å²) >= 11 is 6.01. The van der Waals surface area contributed by atoms with E-state index in [1.54, 1.807) is 17.8 Å². The van der Waals surface area contributed by atoms with Crippen molar-refractivity contribution in [3.05, 3.63) is 81.4 Å². The van der Waals surface area contributed by atoms with Gasteiger partial charge in [0.2, 0.25) is 5.91 Å². The van der Waals surface area contributed by atoms with Crippen molar-refractivity contribution in [1.29, 1.82) is 0 Å². The minimum atomic E-state index is -1.09. The number of benzene rings is 2. The van der Waals surface area contributed by atoms with E-state index >= 15 is 4.39 Å². The molecule has 12 nitrogen and oxygen atoms in total. The third-order valence-electron chi connectivity index (χ3n) is 6.73. The van der Waals surface area contributed by atoms with E-state index in [1.165, 1.54) is 58.7 Å². The van der Waals surface area contributed by atoms with Crippen molar-refractivity contribution in [3.8, 4) is 0 Å². The summed E-state index contributed by atoms with van der Waals surface area (Å²) in [6.45, 7) is 2.00. The Hall–Kier alpha value is -4.75. The van der Waals surface area contributed by atoms with Gasteiger partial charge in [-0.1, -0.05) is 11.6 Å². The second-order valence-corrected chi connectivity index (χ2v) is 9.50. The molecule has 2 aliphatic heterocycles. The first kappa shape index (κ1) is 26.8. The second kappa shape index (κ2) is 10.8. The quantitative estimate of drug-likeness (QED) is 0.333. The van der Waals surface area contributed by atoms with Crippen LogP contribution >= 0.6 is 11.6 Å². The van der Waals surface area contributed by atoms with Crippen LogP contribution in [0.5, 0.6) is 0 Å². The molecule has 2 aromatic carbocycles. The van der Waals surface area contributed by atoms with Gasteiger partial charge < -0.3 is 15.3 Å². The molecule has 5 rings (SSSR count). The van der Waals surface area contributed by atoms with Crippen LogP contribution < -0.4 is 21.4 Å². The van der Waals surface area contributed by atoms with Crippen molar-refractivity contribution in [2.75, 3.05) is 16.9 Å². The van der Waals surface area contributed by atoms with Crippen LogP contribution in [0.1, 0.15) is 38.9 Å². The predicted octanol–water partition coefficient (Wildman–Crippen LogP) is 2.77. The third kappa shape index (κ3) is 4.99. The van der Waals surface area contributed by atoms with Crippen LogP contribution in [0.4, 0.5) is 15.8 Å². The zero-order chi connectivity index (χ0) is 28.6. The number of amides is 2. The number of hydrogen-bond acceptors (Lipinski definition) is 8. The van der Waals surface area contributed by atoms with Gasteiger partial charge in [0.25, 0.3) is 5.91 Å². The molecule has 1 aromatic heterocycles. The molecule has 0 spiro atoms. The Kier molecular flexibility index (Phi) is 7.24. The molecular formula is C26H24ClFN8O4. The van der Waals surface area contributed by atoms with Crippen LogP contribution in [0.2, 0.25) is 5.02 Å². The number of hydrogen-bond donors (Lipinski definition) is 4. The Morgan fingerprint density at radius 2 is 1.95 bits per heavy atom. The summed E-state index contributed by atoms with van der Waals surface area (Å²) in [6, 6.07) is 7.62. The number of hydrazine groups is 2. The lowest BCUT2D eigenvalue weighted by Gasteiger charge is -2.34. The van der Waals surface area contributed by atoms with Gasteiger partial charge in [-0.3, -0.25) is 14.3 Å². The number of rotatable bonds is 6. The van der Waals surface area contributed by atoms with Crippen LogP contribution in [0.15, 0.2) is 47.6 Å². The molecule has 2 aliphatic rings. The molecule has 40 heavy (non-hydrogen) atoms. The van der Waals surface area contributed by atoms with Gasteiger partial charge in [-0.2, -0.15) is 10.2 Å². The summed E-state index contributed by atoms with van der Waals surface area (Å²) in [4.78, 5) is 39.8. The van der Waals surface area contributed by atoms with E-state index in [2.05, 4.69) is 26.6 Å². The number of carbonyl (C=O) groups is 3. The van der Waals surface area contributed by atoms with Crippen LogP contribution in [-0.4, -0.2) is 50.5 Å². The fraction of sp³-hybridized carbons (Fsp3) is 0.192. The van der Waals surface area contributed by atoms with Crippen LogP contribution in [0, 0.1) is 12.7 Å². The number of halogens is 2. The van der Waals surface area contributed by atoms with Crippen molar-refractivity contribution in [1.82, 2.24) is 25.7 Å². The fourth-order valence-electron chi connectivity index (χ4n) is 4.66. The van der Waals surface area contributed by atoms with E-state index in [0.717, 1.165) is 0 Å². The molecule has 0 fully saturated rings. The number of carbonyl (C=O) groups excluding carboxylic acids is 2. The van der Waals surface area contributed by atoms with Gasteiger partial charge >= 0.3 is 5.97 Å². The van der Waals surface area contributed by atoms with E-state index in [-0.39, 0.29) is 22.7 Å². The van der Waals surface area contributed by atoms with Crippen molar-refractivity contribution in [3.63, 3.8) is 0 Å². The highest BCUT2D eigenvalue weighted by Crippen LogP contribution is 2.34. The number of fused-ring (bicyclic) bond motifs is 1. The van der Waals surface area contributed by atoms with Crippen molar-refractivity contribution < 1.29 is 23.9 Å². The molecule has 14 heteroatoms. The van der Waals surface area contributed by atoms with E-state index in [4.69, 9.17) is 16.7 Å². The van der Waals surface area contributed by atoms with Gasteiger partial charge in [-0.25, -0.2) is 19.7 Å². The molecule has 4 N–H and O–H groups in total. The van der Waals surface area contributed by atoms with Gasteiger partial charge in [0.05, 0.1) is 22.0 Å². The van der Waals surface area contributed by atoms with E-state index < -0.39 is 29.6 Å². The summed E-state index contributed by atoms with van der Waals surface area (Å²) in [5.74, 6) is -2.84. The maximum absolute atomic E-state index is 15.0. The molecule has 3 aromatic rings. The first-order valence-electron chi connectivity index (χ1n) is 12.1. The smallest absolute Gasteiger partial charge is 0.335 e. The molecular weight excluding hydrogens is 543 g/mol. The summed E-state index contributed by atoms with van der Waals surface area (Å²) in [7, 11) is 1.76. The van der Waals surface area contributed by atoms with Crippen LogP contribution in [0.3, 0.4) is 0 Å². The molecule has 1 unspecified atom stereocenters. The summed E-state index contributed by atoms with van der Waals surface area (Å²) < 4.78 is 16.7. The van der Waals surface area contributed by atoms with Gasteiger partial charge in [0.1, 0.15) is 12.4 Å². The third-order valence-corrected chi connectivity index (χ3v) is 7.02. The Balaban J connectivity index is 1.47. The minimum absolute atomic E-state index is 0.0401. The largest absolute Gasteiger partial charge is 0.478 e. The highest BCUT2D eigenvalue weighted by Gasteiger charge is 2.38. The zero-order valence-electron chi connectivity index (χ0n) is 21.4.